The van der Waals surface area contributed by atoms with E-state index in [2.05, 4.69) is 28.8 Å². The van der Waals surface area contributed by atoms with E-state index in [0.717, 1.165) is 49.6 Å². The van der Waals surface area contributed by atoms with Gasteiger partial charge in [0.2, 0.25) is 0 Å². The lowest BCUT2D eigenvalue weighted by Crippen LogP contribution is -2.34. The summed E-state index contributed by atoms with van der Waals surface area (Å²) in [6, 6.07) is 1.96. The van der Waals surface area contributed by atoms with Crippen LogP contribution in [0.2, 0.25) is 0 Å². The lowest BCUT2D eigenvalue weighted by molar-refractivity contribution is -0.137. The number of carbonyl (C=O) groups is 1. The van der Waals surface area contributed by atoms with Crippen LogP contribution in [0, 0.1) is 6.92 Å². The Morgan fingerprint density at radius 1 is 1.50 bits per heavy atom. The van der Waals surface area contributed by atoms with E-state index in [-0.39, 0.29) is 6.54 Å². The molecule has 0 radical (unpaired) electrons. The number of carboxylic acids is 1. The summed E-state index contributed by atoms with van der Waals surface area (Å²) in [5, 5.41) is 14.5. The van der Waals surface area contributed by atoms with Gasteiger partial charge in [0.15, 0.2) is 0 Å². The standard InChI is InChI=1S/C17H24N4O2S/c1-3-14-16(24-12(2)18-14)10-20-7-4-5-13(9-20)15-6-8-21(19-15)11-17(22)23/h6,8,13H,3-5,7,9-11H2,1-2H3,(H,22,23). The van der Waals surface area contributed by atoms with Crippen molar-refractivity contribution < 1.29 is 9.90 Å². The maximum Gasteiger partial charge on any atom is 0.325 e. The fraction of sp³-hybridized carbons (Fsp3) is 0.588. The molecule has 130 valence electrons. The molecule has 1 N–H and O–H groups in total. The molecule has 1 aliphatic rings. The Kier molecular flexibility index (Phi) is 5.30. The summed E-state index contributed by atoms with van der Waals surface area (Å²) >= 11 is 1.80. The molecule has 24 heavy (non-hydrogen) atoms. The highest BCUT2D eigenvalue weighted by Crippen LogP contribution is 2.28. The molecule has 1 unspecified atom stereocenters. The average molecular weight is 348 g/mol. The second kappa shape index (κ2) is 7.44. The molecule has 3 heterocycles. The first-order valence-corrected chi connectivity index (χ1v) is 9.29. The van der Waals surface area contributed by atoms with E-state index in [0.29, 0.717) is 5.92 Å². The molecule has 1 aliphatic heterocycles. The third kappa shape index (κ3) is 4.02. The maximum atomic E-state index is 10.8. The predicted molar refractivity (Wildman–Crippen MR) is 93.3 cm³/mol. The van der Waals surface area contributed by atoms with Crippen LogP contribution in [0.5, 0.6) is 0 Å². The van der Waals surface area contributed by atoms with Crippen molar-refractivity contribution in [1.29, 1.82) is 0 Å². The molecule has 2 aromatic rings. The number of piperidine rings is 1. The maximum absolute atomic E-state index is 10.8. The number of hydrogen-bond donors (Lipinski definition) is 1. The Labute approximate surface area is 146 Å². The number of hydrogen-bond acceptors (Lipinski definition) is 5. The van der Waals surface area contributed by atoms with Crippen molar-refractivity contribution >= 4 is 17.3 Å². The van der Waals surface area contributed by atoms with Crippen LogP contribution in [0.1, 0.15) is 47.0 Å². The number of nitrogens with zero attached hydrogens (tertiary/aromatic N) is 4. The van der Waals surface area contributed by atoms with Gasteiger partial charge in [-0.3, -0.25) is 14.4 Å². The minimum atomic E-state index is -0.859. The van der Waals surface area contributed by atoms with Crippen LogP contribution >= 0.6 is 11.3 Å². The van der Waals surface area contributed by atoms with Crippen LogP contribution in [-0.2, 0) is 24.3 Å². The van der Waals surface area contributed by atoms with Gasteiger partial charge in [-0.1, -0.05) is 6.92 Å². The number of carboxylic acid groups (broad SMARTS) is 1. The van der Waals surface area contributed by atoms with Gasteiger partial charge in [0, 0.05) is 30.1 Å². The van der Waals surface area contributed by atoms with Crippen LogP contribution in [0.4, 0.5) is 0 Å². The van der Waals surface area contributed by atoms with Gasteiger partial charge in [0.05, 0.1) is 16.4 Å². The van der Waals surface area contributed by atoms with E-state index in [4.69, 9.17) is 5.11 Å². The largest absolute Gasteiger partial charge is 0.480 e. The van der Waals surface area contributed by atoms with E-state index < -0.39 is 5.97 Å². The smallest absolute Gasteiger partial charge is 0.325 e. The van der Waals surface area contributed by atoms with E-state index in [9.17, 15) is 4.79 Å². The Morgan fingerprint density at radius 3 is 3.08 bits per heavy atom. The van der Waals surface area contributed by atoms with Crippen molar-refractivity contribution in [2.75, 3.05) is 13.1 Å². The summed E-state index contributed by atoms with van der Waals surface area (Å²) in [4.78, 5) is 19.3. The van der Waals surface area contributed by atoms with Gasteiger partial charge in [0.1, 0.15) is 6.54 Å². The number of aryl methyl sites for hydroxylation is 2. The van der Waals surface area contributed by atoms with Crippen molar-refractivity contribution in [3.63, 3.8) is 0 Å². The predicted octanol–water partition coefficient (Wildman–Crippen LogP) is 2.67. The van der Waals surface area contributed by atoms with Crippen LogP contribution in [0.15, 0.2) is 12.3 Å². The molecule has 1 saturated heterocycles. The first-order chi connectivity index (χ1) is 11.5. The Hall–Kier alpha value is -1.73. The Balaban J connectivity index is 1.65. The van der Waals surface area contributed by atoms with Crippen LogP contribution in [0.3, 0.4) is 0 Å². The van der Waals surface area contributed by atoms with E-state index >= 15 is 0 Å². The molecular weight excluding hydrogens is 324 g/mol. The summed E-state index contributed by atoms with van der Waals surface area (Å²) in [5.41, 5.74) is 2.24. The van der Waals surface area contributed by atoms with E-state index in [1.807, 2.05) is 6.07 Å². The Morgan fingerprint density at radius 2 is 2.33 bits per heavy atom. The summed E-state index contributed by atoms with van der Waals surface area (Å²) in [6.07, 6.45) is 5.01. The van der Waals surface area contributed by atoms with Crippen LogP contribution < -0.4 is 0 Å². The first-order valence-electron chi connectivity index (χ1n) is 8.47. The van der Waals surface area contributed by atoms with Gasteiger partial charge in [-0.2, -0.15) is 5.10 Å². The minimum absolute atomic E-state index is 0.0730. The fourth-order valence-corrected chi connectivity index (χ4v) is 4.44. The lowest BCUT2D eigenvalue weighted by atomic mass is 9.95. The zero-order valence-corrected chi connectivity index (χ0v) is 15.1. The molecule has 0 amide bonds. The number of aromatic nitrogens is 3. The van der Waals surface area contributed by atoms with Crippen molar-refractivity contribution in [1.82, 2.24) is 19.7 Å². The lowest BCUT2D eigenvalue weighted by Gasteiger charge is -2.31. The molecule has 0 aliphatic carbocycles. The third-order valence-electron chi connectivity index (χ3n) is 4.47. The molecule has 0 bridgehead atoms. The second-order valence-electron chi connectivity index (χ2n) is 6.36. The first kappa shape index (κ1) is 17.1. The molecule has 2 aromatic heterocycles. The molecule has 3 rings (SSSR count). The highest BCUT2D eigenvalue weighted by atomic mass is 32.1. The molecule has 0 spiro atoms. The second-order valence-corrected chi connectivity index (χ2v) is 7.65. The number of aliphatic carboxylic acids is 1. The van der Waals surface area contributed by atoms with Crippen LogP contribution in [0.25, 0.3) is 0 Å². The third-order valence-corrected chi connectivity index (χ3v) is 5.47. The van der Waals surface area contributed by atoms with Crippen molar-refractivity contribution in [2.24, 2.45) is 0 Å². The molecule has 7 heteroatoms. The van der Waals surface area contributed by atoms with Gasteiger partial charge in [-0.15, -0.1) is 11.3 Å². The van der Waals surface area contributed by atoms with E-state index in [1.165, 1.54) is 15.3 Å². The summed E-state index contributed by atoms with van der Waals surface area (Å²) in [6.45, 7) is 7.20. The topological polar surface area (TPSA) is 71.2 Å². The normalized spacial score (nSPS) is 18.8. The van der Waals surface area contributed by atoms with Gasteiger partial charge in [-0.05, 0) is 38.8 Å². The molecular formula is C17H24N4O2S. The molecule has 1 atom stereocenters. The highest BCUT2D eigenvalue weighted by molar-refractivity contribution is 7.11. The monoisotopic (exact) mass is 348 g/mol. The molecule has 0 aromatic carbocycles. The van der Waals surface area contributed by atoms with Crippen molar-refractivity contribution in [2.45, 2.75) is 52.1 Å². The minimum Gasteiger partial charge on any atom is -0.480 e. The number of likely N-dealkylation sites (tertiary alicyclic amines) is 1. The molecule has 0 saturated carbocycles. The highest BCUT2D eigenvalue weighted by Gasteiger charge is 2.24. The number of thiazole rings is 1. The summed E-state index contributed by atoms with van der Waals surface area (Å²) in [7, 11) is 0. The van der Waals surface area contributed by atoms with Gasteiger partial charge in [0.25, 0.3) is 0 Å². The van der Waals surface area contributed by atoms with E-state index in [1.54, 1.807) is 17.5 Å². The van der Waals surface area contributed by atoms with Gasteiger partial charge < -0.3 is 5.11 Å². The van der Waals surface area contributed by atoms with Gasteiger partial charge >= 0.3 is 5.97 Å². The van der Waals surface area contributed by atoms with Crippen molar-refractivity contribution in [3.05, 3.63) is 33.5 Å². The molecule has 1 fully saturated rings. The van der Waals surface area contributed by atoms with Crippen LogP contribution in [-0.4, -0.2) is 43.8 Å². The quantitative estimate of drug-likeness (QED) is 0.869. The van der Waals surface area contributed by atoms with Gasteiger partial charge in [-0.25, -0.2) is 4.98 Å². The summed E-state index contributed by atoms with van der Waals surface area (Å²) < 4.78 is 1.51. The zero-order chi connectivity index (χ0) is 17.1. The number of rotatable bonds is 6. The summed E-state index contributed by atoms with van der Waals surface area (Å²) in [5.74, 6) is -0.476. The average Bonchev–Trinajstić information content (AvgIpc) is 3.13. The molecule has 6 nitrogen and oxygen atoms in total. The zero-order valence-electron chi connectivity index (χ0n) is 14.2. The SMILES string of the molecule is CCc1nc(C)sc1CN1CCCC(c2ccn(CC(=O)O)n2)C1. The Bertz CT molecular complexity index is 709. The van der Waals surface area contributed by atoms with Crippen molar-refractivity contribution in [3.8, 4) is 0 Å². The fourth-order valence-electron chi connectivity index (χ4n) is 3.38.